The van der Waals surface area contributed by atoms with E-state index in [0.29, 0.717) is 25.8 Å². The monoisotopic (exact) mass is 456 g/mol. The Kier molecular flexibility index (Phi) is 7.06. The van der Waals surface area contributed by atoms with Crippen LogP contribution in [-0.4, -0.2) is 44.1 Å². The van der Waals surface area contributed by atoms with Crippen LogP contribution in [0.2, 0.25) is 0 Å². The molecule has 1 aliphatic carbocycles. The molecule has 1 saturated carbocycles. The summed E-state index contributed by atoms with van der Waals surface area (Å²) < 4.78 is 12.0. The summed E-state index contributed by atoms with van der Waals surface area (Å²) in [5, 5.41) is 7.70. The van der Waals surface area contributed by atoms with Gasteiger partial charge in [-0.1, -0.05) is 11.8 Å². The fraction of sp³-hybridized carbons (Fsp3) is 0.318. The Balaban J connectivity index is 1.53. The first kappa shape index (κ1) is 21.6. The molecule has 4 rings (SSSR count). The SMILES string of the molecule is C=NCc1cc2c(Sc3ccc(NC(=O)NC4CC4)s3)ccnc2cc1OCCOC. The molecule has 2 aromatic heterocycles. The predicted octanol–water partition coefficient (Wildman–Crippen LogP) is 4.96. The van der Waals surface area contributed by atoms with Gasteiger partial charge in [-0.25, -0.2) is 4.79 Å². The number of thiophene rings is 1. The number of nitrogens with one attached hydrogen (secondary N) is 2. The number of methoxy groups -OCH3 is 1. The van der Waals surface area contributed by atoms with E-state index in [1.807, 2.05) is 24.3 Å². The first-order chi connectivity index (χ1) is 15.2. The molecule has 162 valence electrons. The number of hydrogen-bond acceptors (Lipinski definition) is 7. The molecular formula is C22H24N4O3S2. The summed E-state index contributed by atoms with van der Waals surface area (Å²) in [6.07, 6.45) is 3.93. The van der Waals surface area contributed by atoms with Gasteiger partial charge in [0.05, 0.1) is 27.9 Å². The van der Waals surface area contributed by atoms with E-state index in [9.17, 15) is 4.79 Å². The number of benzene rings is 1. The van der Waals surface area contributed by atoms with Crippen molar-refractivity contribution in [1.29, 1.82) is 0 Å². The smallest absolute Gasteiger partial charge is 0.320 e. The van der Waals surface area contributed by atoms with Crippen LogP contribution in [0.3, 0.4) is 0 Å². The van der Waals surface area contributed by atoms with Crippen molar-refractivity contribution < 1.29 is 14.3 Å². The van der Waals surface area contributed by atoms with E-state index in [0.717, 1.165) is 49.2 Å². The number of ether oxygens (including phenoxy) is 2. The van der Waals surface area contributed by atoms with E-state index in [-0.39, 0.29) is 6.03 Å². The molecule has 0 radical (unpaired) electrons. The number of anilines is 1. The van der Waals surface area contributed by atoms with Crippen LogP contribution in [0.4, 0.5) is 9.80 Å². The number of hydrogen-bond donors (Lipinski definition) is 2. The molecule has 0 saturated heterocycles. The molecule has 0 aliphatic heterocycles. The van der Waals surface area contributed by atoms with Crippen molar-refractivity contribution in [2.75, 3.05) is 25.6 Å². The lowest BCUT2D eigenvalue weighted by Gasteiger charge is -2.13. The van der Waals surface area contributed by atoms with Gasteiger partial charge < -0.3 is 14.8 Å². The Hall–Kier alpha value is -2.62. The average molecular weight is 457 g/mol. The van der Waals surface area contributed by atoms with Crippen LogP contribution in [0.1, 0.15) is 18.4 Å². The van der Waals surface area contributed by atoms with Crippen LogP contribution in [0.5, 0.6) is 5.75 Å². The maximum Gasteiger partial charge on any atom is 0.320 e. The van der Waals surface area contributed by atoms with Crippen molar-refractivity contribution in [3.05, 3.63) is 42.1 Å². The zero-order valence-electron chi connectivity index (χ0n) is 17.2. The van der Waals surface area contributed by atoms with Crippen molar-refractivity contribution in [3.63, 3.8) is 0 Å². The highest BCUT2D eigenvalue weighted by Gasteiger charge is 2.23. The maximum atomic E-state index is 12.0. The van der Waals surface area contributed by atoms with Gasteiger partial charge in [0.15, 0.2) is 0 Å². The minimum absolute atomic E-state index is 0.141. The normalized spacial score (nSPS) is 13.2. The molecule has 2 heterocycles. The van der Waals surface area contributed by atoms with Crippen LogP contribution in [-0.2, 0) is 11.3 Å². The van der Waals surface area contributed by atoms with Crippen LogP contribution >= 0.6 is 23.1 Å². The van der Waals surface area contributed by atoms with E-state index in [2.05, 4.69) is 33.4 Å². The summed E-state index contributed by atoms with van der Waals surface area (Å²) in [5.74, 6) is 0.746. The third kappa shape index (κ3) is 5.75. The Morgan fingerprint density at radius 2 is 2.19 bits per heavy atom. The van der Waals surface area contributed by atoms with Gasteiger partial charge in [-0.15, -0.1) is 11.3 Å². The van der Waals surface area contributed by atoms with Crippen molar-refractivity contribution >= 4 is 51.8 Å². The number of rotatable bonds is 10. The van der Waals surface area contributed by atoms with Crippen LogP contribution in [0.25, 0.3) is 10.9 Å². The molecule has 9 heteroatoms. The molecule has 2 amide bonds. The number of carbonyl (C=O) groups is 1. The molecule has 2 N–H and O–H groups in total. The molecule has 7 nitrogen and oxygen atoms in total. The van der Waals surface area contributed by atoms with Crippen molar-refractivity contribution in [2.24, 2.45) is 4.99 Å². The first-order valence-electron chi connectivity index (χ1n) is 9.97. The molecule has 0 spiro atoms. The number of aromatic nitrogens is 1. The second-order valence-corrected chi connectivity index (χ2v) is 9.53. The predicted molar refractivity (Wildman–Crippen MR) is 126 cm³/mol. The second kappa shape index (κ2) is 10.1. The largest absolute Gasteiger partial charge is 0.491 e. The summed E-state index contributed by atoms with van der Waals surface area (Å²) in [6.45, 7) is 5.05. The maximum absolute atomic E-state index is 12.0. The quantitative estimate of drug-likeness (QED) is 0.333. The lowest BCUT2D eigenvalue weighted by Crippen LogP contribution is -2.29. The number of pyridine rings is 1. The minimum Gasteiger partial charge on any atom is -0.491 e. The Labute approximate surface area is 189 Å². The molecule has 0 atom stereocenters. The number of fused-ring (bicyclic) bond motifs is 1. The summed E-state index contributed by atoms with van der Waals surface area (Å²) >= 11 is 3.19. The van der Waals surface area contributed by atoms with Gasteiger partial charge in [0.25, 0.3) is 0 Å². The summed E-state index contributed by atoms with van der Waals surface area (Å²) in [7, 11) is 1.64. The Bertz CT molecular complexity index is 1080. The van der Waals surface area contributed by atoms with E-state index in [4.69, 9.17) is 9.47 Å². The Morgan fingerprint density at radius 3 is 2.97 bits per heavy atom. The highest BCUT2D eigenvalue weighted by Crippen LogP contribution is 2.40. The van der Waals surface area contributed by atoms with E-state index >= 15 is 0 Å². The molecule has 3 aromatic rings. The number of amides is 2. The molecular weight excluding hydrogens is 432 g/mol. The standard InChI is InChI=1S/C22H24N4O3S2/c1-23-13-14-11-16-17(12-18(14)29-10-9-28-2)24-8-7-19(16)30-21-6-5-20(31-21)26-22(27)25-15-3-4-15/h5-8,11-12,15H,1,3-4,9-10,13H2,2H3,(H2,25,26,27). The molecule has 1 aliphatic rings. The zero-order chi connectivity index (χ0) is 21.6. The van der Waals surface area contributed by atoms with E-state index in [1.54, 1.807) is 36.4 Å². The zero-order valence-corrected chi connectivity index (χ0v) is 18.9. The summed E-state index contributed by atoms with van der Waals surface area (Å²) in [4.78, 5) is 21.6. The van der Waals surface area contributed by atoms with Gasteiger partial charge in [-0.3, -0.25) is 15.3 Å². The molecule has 31 heavy (non-hydrogen) atoms. The van der Waals surface area contributed by atoms with Gasteiger partial charge in [0, 0.05) is 41.3 Å². The third-order valence-electron chi connectivity index (χ3n) is 4.65. The number of urea groups is 1. The average Bonchev–Trinajstić information content (AvgIpc) is 3.46. The molecule has 0 unspecified atom stereocenters. The molecule has 1 aromatic carbocycles. The second-order valence-electron chi connectivity index (χ2n) is 7.10. The van der Waals surface area contributed by atoms with Crippen LogP contribution in [0, 0.1) is 0 Å². The minimum atomic E-state index is -0.141. The van der Waals surface area contributed by atoms with Gasteiger partial charge in [0.1, 0.15) is 12.4 Å². The van der Waals surface area contributed by atoms with Gasteiger partial charge in [0.2, 0.25) is 0 Å². The van der Waals surface area contributed by atoms with Crippen molar-refractivity contribution in [3.8, 4) is 5.75 Å². The first-order valence-corrected chi connectivity index (χ1v) is 11.6. The van der Waals surface area contributed by atoms with Gasteiger partial charge in [-0.2, -0.15) is 0 Å². The molecule has 1 fully saturated rings. The van der Waals surface area contributed by atoms with Crippen LogP contribution in [0.15, 0.2) is 50.6 Å². The van der Waals surface area contributed by atoms with Gasteiger partial charge in [-0.05, 0) is 43.8 Å². The fourth-order valence-electron chi connectivity index (χ4n) is 3.01. The third-order valence-corrected chi connectivity index (χ3v) is 6.86. The summed E-state index contributed by atoms with van der Waals surface area (Å²) in [6, 6.07) is 10.1. The van der Waals surface area contributed by atoms with E-state index < -0.39 is 0 Å². The lowest BCUT2D eigenvalue weighted by atomic mass is 10.1. The van der Waals surface area contributed by atoms with Gasteiger partial charge >= 0.3 is 6.03 Å². The Morgan fingerprint density at radius 1 is 1.32 bits per heavy atom. The topological polar surface area (TPSA) is 84.8 Å². The van der Waals surface area contributed by atoms with Crippen molar-refractivity contribution in [2.45, 2.75) is 34.5 Å². The number of aliphatic imine (C=N–C) groups is 1. The van der Waals surface area contributed by atoms with E-state index in [1.165, 1.54) is 0 Å². The highest BCUT2D eigenvalue weighted by atomic mass is 32.2. The number of nitrogens with zero attached hydrogens (tertiary/aromatic N) is 2. The summed E-state index contributed by atoms with van der Waals surface area (Å²) in [5.41, 5.74) is 1.81. The molecule has 0 bridgehead atoms. The lowest BCUT2D eigenvalue weighted by molar-refractivity contribution is 0.146. The highest BCUT2D eigenvalue weighted by molar-refractivity contribution is 8.01. The fourth-order valence-corrected chi connectivity index (χ4v) is 5.10. The number of carbonyl (C=O) groups excluding carboxylic acids is 1. The van der Waals surface area contributed by atoms with Crippen molar-refractivity contribution in [1.82, 2.24) is 10.3 Å². The van der Waals surface area contributed by atoms with Crippen LogP contribution < -0.4 is 15.4 Å².